The minimum atomic E-state index is 0.0222. The molecule has 0 radical (unpaired) electrons. The van der Waals surface area contributed by atoms with Crippen LogP contribution in [0.25, 0.3) is 0 Å². The Morgan fingerprint density at radius 3 is 2.62 bits per heavy atom. The van der Waals surface area contributed by atoms with E-state index in [9.17, 15) is 4.79 Å². The molecule has 116 valence electrons. The minimum Gasteiger partial charge on any atom is -0.379 e. The van der Waals surface area contributed by atoms with Gasteiger partial charge in [0, 0.05) is 30.1 Å². The van der Waals surface area contributed by atoms with E-state index >= 15 is 0 Å². The van der Waals surface area contributed by atoms with Crippen LogP contribution in [0.1, 0.15) is 23.2 Å². The van der Waals surface area contributed by atoms with Gasteiger partial charge in [0.25, 0.3) is 5.91 Å². The molecule has 5 heteroatoms. The first-order valence-corrected chi connectivity index (χ1v) is 8.74. The molecule has 1 aliphatic rings. The van der Waals surface area contributed by atoms with Crippen LogP contribution in [0, 0.1) is 0 Å². The quantitative estimate of drug-likeness (QED) is 0.620. The smallest absolute Gasteiger partial charge is 0.251 e. The molecule has 0 saturated carbocycles. The van der Waals surface area contributed by atoms with Crippen molar-refractivity contribution >= 4 is 17.7 Å². The molecular formula is C16H24N2O2S. The van der Waals surface area contributed by atoms with Gasteiger partial charge in [0.2, 0.25) is 0 Å². The second kappa shape index (κ2) is 9.07. The van der Waals surface area contributed by atoms with Gasteiger partial charge in [0.05, 0.1) is 13.2 Å². The van der Waals surface area contributed by atoms with Crippen LogP contribution >= 0.6 is 11.8 Å². The van der Waals surface area contributed by atoms with Crippen LogP contribution in [0.3, 0.4) is 0 Å². The lowest BCUT2D eigenvalue weighted by atomic mass is 10.2. The van der Waals surface area contributed by atoms with Crippen LogP contribution in [0.2, 0.25) is 0 Å². The Hall–Kier alpha value is -1.04. The van der Waals surface area contributed by atoms with Gasteiger partial charge in [-0.15, -0.1) is 11.8 Å². The number of amides is 1. The highest BCUT2D eigenvalue weighted by molar-refractivity contribution is 7.98. The van der Waals surface area contributed by atoms with Gasteiger partial charge < -0.3 is 10.1 Å². The molecule has 4 nitrogen and oxygen atoms in total. The molecule has 1 aromatic rings. The molecule has 0 aromatic heterocycles. The summed E-state index contributed by atoms with van der Waals surface area (Å²) in [5, 5.41) is 2.99. The largest absolute Gasteiger partial charge is 0.379 e. The van der Waals surface area contributed by atoms with Crippen molar-refractivity contribution in [2.45, 2.75) is 17.7 Å². The lowest BCUT2D eigenvalue weighted by Gasteiger charge is -2.26. The molecule has 0 aliphatic carbocycles. The fourth-order valence-electron chi connectivity index (χ4n) is 2.33. The van der Waals surface area contributed by atoms with Gasteiger partial charge in [0.15, 0.2) is 0 Å². The highest BCUT2D eigenvalue weighted by Crippen LogP contribution is 2.14. The highest BCUT2D eigenvalue weighted by Gasteiger charge is 2.09. The average molecular weight is 308 g/mol. The third-order valence-corrected chi connectivity index (χ3v) is 4.39. The molecule has 21 heavy (non-hydrogen) atoms. The third kappa shape index (κ3) is 5.69. The van der Waals surface area contributed by atoms with E-state index in [1.807, 2.05) is 30.5 Å². The van der Waals surface area contributed by atoms with Crippen molar-refractivity contribution in [3.8, 4) is 0 Å². The standard InChI is InChI=1S/C16H24N2O2S/c1-21-15-6-4-14(5-7-15)16(19)17-8-2-3-9-18-10-12-20-13-11-18/h4-7H,2-3,8-13H2,1H3,(H,17,19). The van der Waals surface area contributed by atoms with Gasteiger partial charge in [-0.1, -0.05) is 0 Å². The highest BCUT2D eigenvalue weighted by atomic mass is 32.2. The first-order valence-electron chi connectivity index (χ1n) is 7.52. The van der Waals surface area contributed by atoms with E-state index in [0.29, 0.717) is 0 Å². The number of thioether (sulfide) groups is 1. The van der Waals surface area contributed by atoms with E-state index in [1.165, 1.54) is 4.90 Å². The first-order chi connectivity index (χ1) is 10.3. The van der Waals surface area contributed by atoms with Gasteiger partial charge in [-0.05, 0) is 49.9 Å². The van der Waals surface area contributed by atoms with Crippen molar-refractivity contribution in [1.82, 2.24) is 10.2 Å². The van der Waals surface area contributed by atoms with Gasteiger partial charge >= 0.3 is 0 Å². The van der Waals surface area contributed by atoms with Gasteiger partial charge in [0.1, 0.15) is 0 Å². The molecule has 1 aliphatic heterocycles. The predicted octanol–water partition coefficient (Wildman–Crippen LogP) is 2.25. The Kier molecular flexibility index (Phi) is 7.06. The van der Waals surface area contributed by atoms with Crippen LogP contribution in [-0.4, -0.2) is 56.5 Å². The molecule has 0 bridgehead atoms. The number of ether oxygens (including phenoxy) is 1. The van der Waals surface area contributed by atoms with Crippen molar-refractivity contribution in [3.63, 3.8) is 0 Å². The molecule has 1 amide bonds. The number of carbonyl (C=O) groups is 1. The lowest BCUT2D eigenvalue weighted by Crippen LogP contribution is -2.37. The van der Waals surface area contributed by atoms with Crippen molar-refractivity contribution in [3.05, 3.63) is 29.8 Å². The maximum absolute atomic E-state index is 12.0. The molecule has 0 spiro atoms. The van der Waals surface area contributed by atoms with Crippen molar-refractivity contribution in [2.24, 2.45) is 0 Å². The maximum atomic E-state index is 12.0. The summed E-state index contributed by atoms with van der Waals surface area (Å²) in [6.07, 6.45) is 4.17. The summed E-state index contributed by atoms with van der Waals surface area (Å²) in [7, 11) is 0. The fraction of sp³-hybridized carbons (Fsp3) is 0.562. The Labute approximate surface area is 131 Å². The normalized spacial score (nSPS) is 15.9. The number of rotatable bonds is 7. The average Bonchev–Trinajstić information content (AvgIpc) is 2.55. The van der Waals surface area contributed by atoms with Crippen LogP contribution in [0.4, 0.5) is 0 Å². The molecule has 1 fully saturated rings. The first kappa shape index (κ1) is 16.3. The monoisotopic (exact) mass is 308 g/mol. The summed E-state index contributed by atoms with van der Waals surface area (Å²) in [6.45, 7) is 5.61. The molecule has 2 rings (SSSR count). The summed E-state index contributed by atoms with van der Waals surface area (Å²) in [4.78, 5) is 15.6. The van der Waals surface area contributed by atoms with Crippen molar-refractivity contribution in [1.29, 1.82) is 0 Å². The summed E-state index contributed by atoms with van der Waals surface area (Å²) >= 11 is 1.68. The minimum absolute atomic E-state index is 0.0222. The number of hydrogen-bond donors (Lipinski definition) is 1. The van der Waals surface area contributed by atoms with Gasteiger partial charge in [-0.2, -0.15) is 0 Å². The van der Waals surface area contributed by atoms with Crippen LogP contribution in [0.15, 0.2) is 29.2 Å². The number of nitrogens with one attached hydrogen (secondary N) is 1. The molecule has 1 N–H and O–H groups in total. The predicted molar refractivity (Wildman–Crippen MR) is 87.0 cm³/mol. The Morgan fingerprint density at radius 2 is 1.95 bits per heavy atom. The maximum Gasteiger partial charge on any atom is 0.251 e. The summed E-state index contributed by atoms with van der Waals surface area (Å²) < 4.78 is 5.32. The second-order valence-electron chi connectivity index (χ2n) is 5.15. The summed E-state index contributed by atoms with van der Waals surface area (Å²) in [5.41, 5.74) is 0.737. The fourth-order valence-corrected chi connectivity index (χ4v) is 2.74. The number of nitrogens with zero attached hydrogens (tertiary/aromatic N) is 1. The van der Waals surface area contributed by atoms with Crippen LogP contribution in [-0.2, 0) is 4.74 Å². The van der Waals surface area contributed by atoms with Crippen LogP contribution in [0.5, 0.6) is 0 Å². The van der Waals surface area contributed by atoms with Gasteiger partial charge in [-0.25, -0.2) is 0 Å². The summed E-state index contributed by atoms with van der Waals surface area (Å²) in [5.74, 6) is 0.0222. The summed E-state index contributed by atoms with van der Waals surface area (Å²) in [6, 6.07) is 7.74. The van der Waals surface area contributed by atoms with E-state index in [1.54, 1.807) is 11.8 Å². The Balaban J connectivity index is 1.60. The SMILES string of the molecule is CSc1ccc(C(=O)NCCCCN2CCOCC2)cc1. The Bertz CT molecular complexity index is 430. The Morgan fingerprint density at radius 1 is 1.24 bits per heavy atom. The lowest BCUT2D eigenvalue weighted by molar-refractivity contribution is 0.0372. The second-order valence-corrected chi connectivity index (χ2v) is 6.03. The molecule has 1 saturated heterocycles. The number of hydrogen-bond acceptors (Lipinski definition) is 4. The van der Waals surface area contributed by atoms with E-state index in [4.69, 9.17) is 4.74 Å². The van der Waals surface area contributed by atoms with E-state index in [0.717, 1.165) is 57.8 Å². The number of morpholine rings is 1. The molecule has 0 atom stereocenters. The topological polar surface area (TPSA) is 41.6 Å². The van der Waals surface area contributed by atoms with E-state index in [2.05, 4.69) is 10.2 Å². The van der Waals surface area contributed by atoms with Crippen molar-refractivity contribution in [2.75, 3.05) is 45.6 Å². The number of unbranched alkanes of at least 4 members (excludes halogenated alkanes) is 1. The van der Waals surface area contributed by atoms with Gasteiger partial charge in [-0.3, -0.25) is 9.69 Å². The van der Waals surface area contributed by atoms with E-state index in [-0.39, 0.29) is 5.91 Å². The van der Waals surface area contributed by atoms with Crippen molar-refractivity contribution < 1.29 is 9.53 Å². The van der Waals surface area contributed by atoms with Crippen LogP contribution < -0.4 is 5.32 Å². The number of carbonyl (C=O) groups excluding carboxylic acids is 1. The van der Waals surface area contributed by atoms with E-state index < -0.39 is 0 Å². The molecule has 1 heterocycles. The molecule has 0 unspecified atom stereocenters. The number of benzene rings is 1. The zero-order valence-electron chi connectivity index (χ0n) is 12.6. The zero-order chi connectivity index (χ0) is 14.9. The zero-order valence-corrected chi connectivity index (χ0v) is 13.5. The molecular weight excluding hydrogens is 284 g/mol. The third-order valence-electron chi connectivity index (χ3n) is 3.64. The molecule has 1 aromatic carbocycles.